The summed E-state index contributed by atoms with van der Waals surface area (Å²) >= 11 is 0. The summed E-state index contributed by atoms with van der Waals surface area (Å²) < 4.78 is 5.22. The molecule has 0 aliphatic carbocycles. The van der Waals surface area contributed by atoms with Crippen LogP contribution in [-0.2, 0) is 0 Å². The molecule has 3 heteroatoms. The number of ether oxygens (including phenoxy) is 1. The van der Waals surface area contributed by atoms with Crippen LogP contribution in [0.1, 0.15) is 24.1 Å². The lowest BCUT2D eigenvalue weighted by atomic mass is 9.98. The van der Waals surface area contributed by atoms with Gasteiger partial charge in [0.2, 0.25) is 0 Å². The molecule has 0 aliphatic heterocycles. The Morgan fingerprint density at radius 2 is 1.62 bits per heavy atom. The Morgan fingerprint density at radius 3 is 2.19 bits per heavy atom. The quantitative estimate of drug-likeness (QED) is 0.821. The fourth-order valence-electron chi connectivity index (χ4n) is 2.25. The molecule has 0 aliphatic rings. The highest BCUT2D eigenvalue weighted by Crippen LogP contribution is 2.24. The van der Waals surface area contributed by atoms with Crippen molar-refractivity contribution in [3.63, 3.8) is 0 Å². The predicted octanol–water partition coefficient (Wildman–Crippen LogP) is 3.00. The molecule has 2 aromatic rings. The SMILES string of the molecule is COc1ccc(C(NCC(C)CO)c2ccccc2)cc1. The maximum absolute atomic E-state index is 9.20. The van der Waals surface area contributed by atoms with E-state index in [1.807, 2.05) is 37.3 Å². The maximum Gasteiger partial charge on any atom is 0.118 e. The summed E-state index contributed by atoms with van der Waals surface area (Å²) in [6.07, 6.45) is 0. The van der Waals surface area contributed by atoms with Crippen LogP contribution in [0.5, 0.6) is 5.75 Å². The molecule has 2 N–H and O–H groups in total. The number of aliphatic hydroxyl groups excluding tert-OH is 1. The molecule has 0 radical (unpaired) electrons. The molecule has 0 amide bonds. The van der Waals surface area contributed by atoms with E-state index in [0.29, 0.717) is 0 Å². The highest BCUT2D eigenvalue weighted by atomic mass is 16.5. The minimum absolute atomic E-state index is 0.117. The Bertz CT molecular complexity index is 525. The van der Waals surface area contributed by atoms with Crippen LogP contribution in [0.3, 0.4) is 0 Å². The fraction of sp³-hybridized carbons (Fsp3) is 0.333. The zero-order valence-corrected chi connectivity index (χ0v) is 12.6. The lowest BCUT2D eigenvalue weighted by Gasteiger charge is -2.22. The first kappa shape index (κ1) is 15.5. The average Bonchev–Trinajstić information content (AvgIpc) is 2.56. The normalized spacial score (nSPS) is 13.7. The molecule has 2 atom stereocenters. The zero-order chi connectivity index (χ0) is 15.1. The van der Waals surface area contributed by atoms with Gasteiger partial charge in [-0.3, -0.25) is 0 Å². The van der Waals surface area contributed by atoms with Gasteiger partial charge in [-0.1, -0.05) is 49.4 Å². The second-order valence-corrected chi connectivity index (χ2v) is 5.31. The van der Waals surface area contributed by atoms with Crippen LogP contribution in [0, 0.1) is 5.92 Å². The molecular formula is C18H23NO2. The minimum Gasteiger partial charge on any atom is -0.497 e. The largest absolute Gasteiger partial charge is 0.497 e. The summed E-state index contributed by atoms with van der Waals surface area (Å²) in [4.78, 5) is 0. The predicted molar refractivity (Wildman–Crippen MR) is 85.5 cm³/mol. The van der Waals surface area contributed by atoms with Gasteiger partial charge >= 0.3 is 0 Å². The van der Waals surface area contributed by atoms with E-state index in [4.69, 9.17) is 4.74 Å². The molecule has 0 fully saturated rings. The third-order valence-corrected chi connectivity index (χ3v) is 3.56. The molecule has 0 spiro atoms. The Morgan fingerprint density at radius 1 is 1.00 bits per heavy atom. The highest BCUT2D eigenvalue weighted by Gasteiger charge is 2.14. The Balaban J connectivity index is 2.22. The van der Waals surface area contributed by atoms with Gasteiger partial charge in [-0.25, -0.2) is 0 Å². The lowest BCUT2D eigenvalue weighted by Crippen LogP contribution is -2.28. The van der Waals surface area contributed by atoms with E-state index in [9.17, 15) is 5.11 Å². The Hall–Kier alpha value is -1.84. The van der Waals surface area contributed by atoms with Gasteiger partial charge < -0.3 is 15.2 Å². The second kappa shape index (κ2) is 7.81. The topological polar surface area (TPSA) is 41.5 Å². The highest BCUT2D eigenvalue weighted by molar-refractivity contribution is 5.35. The van der Waals surface area contributed by atoms with E-state index < -0.39 is 0 Å². The number of methoxy groups -OCH3 is 1. The average molecular weight is 285 g/mol. The third kappa shape index (κ3) is 4.31. The van der Waals surface area contributed by atoms with Crippen LogP contribution in [0.4, 0.5) is 0 Å². The lowest BCUT2D eigenvalue weighted by molar-refractivity contribution is 0.232. The van der Waals surface area contributed by atoms with Gasteiger partial charge in [-0.15, -0.1) is 0 Å². The van der Waals surface area contributed by atoms with E-state index in [0.717, 1.165) is 12.3 Å². The van der Waals surface area contributed by atoms with Crippen molar-refractivity contribution in [1.29, 1.82) is 0 Å². The molecule has 112 valence electrons. The van der Waals surface area contributed by atoms with Crippen LogP contribution in [-0.4, -0.2) is 25.4 Å². The number of nitrogens with one attached hydrogen (secondary N) is 1. The van der Waals surface area contributed by atoms with Crippen molar-refractivity contribution in [3.8, 4) is 5.75 Å². The van der Waals surface area contributed by atoms with Crippen LogP contribution >= 0.6 is 0 Å². The number of hydrogen-bond donors (Lipinski definition) is 2. The smallest absolute Gasteiger partial charge is 0.118 e. The van der Waals surface area contributed by atoms with Crippen LogP contribution in [0.15, 0.2) is 54.6 Å². The van der Waals surface area contributed by atoms with Gasteiger partial charge in [0.05, 0.1) is 13.2 Å². The van der Waals surface area contributed by atoms with Gasteiger partial charge in [0, 0.05) is 13.2 Å². The zero-order valence-electron chi connectivity index (χ0n) is 12.6. The summed E-state index contributed by atoms with van der Waals surface area (Å²) in [6.45, 7) is 2.99. The van der Waals surface area contributed by atoms with Gasteiger partial charge in [0.25, 0.3) is 0 Å². The molecule has 2 aromatic carbocycles. The van der Waals surface area contributed by atoms with Crippen molar-refractivity contribution in [2.24, 2.45) is 5.92 Å². The van der Waals surface area contributed by atoms with Crippen molar-refractivity contribution in [2.45, 2.75) is 13.0 Å². The fourth-order valence-corrected chi connectivity index (χ4v) is 2.25. The first-order valence-corrected chi connectivity index (χ1v) is 7.27. The second-order valence-electron chi connectivity index (χ2n) is 5.31. The van der Waals surface area contributed by atoms with E-state index in [1.54, 1.807) is 7.11 Å². The monoisotopic (exact) mass is 285 g/mol. The summed E-state index contributed by atoms with van der Waals surface area (Å²) in [5.41, 5.74) is 2.40. The van der Waals surface area contributed by atoms with Crippen LogP contribution < -0.4 is 10.1 Å². The molecule has 0 saturated carbocycles. The molecule has 0 bridgehead atoms. The van der Waals surface area contributed by atoms with Gasteiger partial charge in [-0.2, -0.15) is 0 Å². The first-order chi connectivity index (χ1) is 10.2. The first-order valence-electron chi connectivity index (χ1n) is 7.27. The number of hydrogen-bond acceptors (Lipinski definition) is 3. The van der Waals surface area contributed by atoms with Gasteiger partial charge in [0.1, 0.15) is 5.75 Å². The molecule has 21 heavy (non-hydrogen) atoms. The summed E-state index contributed by atoms with van der Waals surface area (Å²) in [6, 6.07) is 18.6. The van der Waals surface area contributed by atoms with Gasteiger partial charge in [0.15, 0.2) is 0 Å². The van der Waals surface area contributed by atoms with Crippen molar-refractivity contribution >= 4 is 0 Å². The molecule has 0 heterocycles. The molecular weight excluding hydrogens is 262 g/mol. The number of benzene rings is 2. The molecule has 3 nitrogen and oxygen atoms in total. The van der Waals surface area contributed by atoms with E-state index >= 15 is 0 Å². The van der Waals surface area contributed by atoms with E-state index in [2.05, 4.69) is 29.6 Å². The molecule has 0 aromatic heterocycles. The molecule has 2 unspecified atom stereocenters. The van der Waals surface area contributed by atoms with E-state index in [1.165, 1.54) is 11.1 Å². The third-order valence-electron chi connectivity index (χ3n) is 3.56. The molecule has 2 rings (SSSR count). The summed E-state index contributed by atoms with van der Waals surface area (Å²) in [5.74, 6) is 1.09. The summed E-state index contributed by atoms with van der Waals surface area (Å²) in [7, 11) is 1.67. The van der Waals surface area contributed by atoms with Crippen LogP contribution in [0.25, 0.3) is 0 Å². The van der Waals surface area contributed by atoms with Crippen molar-refractivity contribution < 1.29 is 9.84 Å². The number of aliphatic hydroxyl groups is 1. The van der Waals surface area contributed by atoms with E-state index in [-0.39, 0.29) is 18.6 Å². The maximum atomic E-state index is 9.20. The molecule has 0 saturated heterocycles. The Kier molecular flexibility index (Phi) is 5.78. The minimum atomic E-state index is 0.117. The van der Waals surface area contributed by atoms with Crippen molar-refractivity contribution in [2.75, 3.05) is 20.3 Å². The standard InChI is InChI=1S/C18H23NO2/c1-14(13-20)12-19-18(15-6-4-3-5-7-15)16-8-10-17(21-2)11-9-16/h3-11,14,18-20H,12-13H2,1-2H3. The number of rotatable bonds is 7. The van der Waals surface area contributed by atoms with Crippen molar-refractivity contribution in [3.05, 3.63) is 65.7 Å². The van der Waals surface area contributed by atoms with Crippen LogP contribution in [0.2, 0.25) is 0 Å². The van der Waals surface area contributed by atoms with Crippen molar-refractivity contribution in [1.82, 2.24) is 5.32 Å². The van der Waals surface area contributed by atoms with Gasteiger partial charge in [-0.05, 0) is 29.2 Å². The summed E-state index contributed by atoms with van der Waals surface area (Å²) in [5, 5.41) is 12.7. The Labute approximate surface area is 126 Å².